The number of rotatable bonds is 13. The molecule has 1 N–H and O–H groups in total. The zero-order valence-electron chi connectivity index (χ0n) is 23.0. The summed E-state index contributed by atoms with van der Waals surface area (Å²) in [7, 11) is 0.932. The molecule has 2 unspecified atom stereocenters. The zero-order chi connectivity index (χ0) is 30.6. The summed E-state index contributed by atoms with van der Waals surface area (Å²) in [5.74, 6) is -4.60. The topological polar surface area (TPSA) is 198 Å². The van der Waals surface area contributed by atoms with Gasteiger partial charge >= 0.3 is 11.9 Å². The van der Waals surface area contributed by atoms with Crippen LogP contribution >= 0.6 is 7.82 Å². The van der Waals surface area contributed by atoms with Gasteiger partial charge in [0.2, 0.25) is 0 Å². The van der Waals surface area contributed by atoms with Crippen molar-refractivity contribution < 1.29 is 66.5 Å². The molecule has 2 saturated heterocycles. The Hall–Kier alpha value is -3.40. The average Bonchev–Trinajstić information content (AvgIpc) is 3.32. The third-order valence-corrected chi connectivity index (χ3v) is 6.82. The van der Waals surface area contributed by atoms with Crippen molar-refractivity contribution in [3.8, 4) is 5.75 Å². The molecule has 1 aromatic carbocycles. The molecule has 2 heterocycles. The second kappa shape index (κ2) is 12.6. The number of benzene rings is 1. The van der Waals surface area contributed by atoms with Crippen LogP contribution in [0.1, 0.15) is 53.3 Å². The van der Waals surface area contributed by atoms with Crippen molar-refractivity contribution in [3.63, 3.8) is 0 Å². The monoisotopic (exact) mass is 601 g/mol. The molecule has 41 heavy (non-hydrogen) atoms. The SMILES string of the molecule is CC1(O)CCC(=O)N1OC(=O)c1cc(OCCOP(=O)([O-])OCC[N+](C)(C)C)cc(C(=O)ON2C(=O)CCC2=O)c1. The molecular formula is C24H32N3O13P. The predicted molar refractivity (Wildman–Crippen MR) is 133 cm³/mol. The fourth-order valence-corrected chi connectivity index (χ4v) is 4.26. The third-order valence-electron chi connectivity index (χ3n) is 5.82. The van der Waals surface area contributed by atoms with Crippen molar-refractivity contribution in [2.24, 2.45) is 0 Å². The Morgan fingerprint density at radius 2 is 1.49 bits per heavy atom. The molecule has 2 fully saturated rings. The fraction of sp³-hybridized carbons (Fsp3) is 0.542. The van der Waals surface area contributed by atoms with E-state index in [2.05, 4.69) is 0 Å². The van der Waals surface area contributed by atoms with E-state index >= 15 is 0 Å². The Balaban J connectivity index is 1.72. The van der Waals surface area contributed by atoms with Crippen molar-refractivity contribution in [2.45, 2.75) is 38.3 Å². The molecule has 0 saturated carbocycles. The normalized spacial score (nSPS) is 20.8. The Kier molecular flexibility index (Phi) is 9.89. The molecule has 2 atom stereocenters. The minimum atomic E-state index is -4.63. The van der Waals surface area contributed by atoms with E-state index in [0.29, 0.717) is 21.2 Å². The van der Waals surface area contributed by atoms with E-state index in [-0.39, 0.29) is 55.8 Å². The predicted octanol–water partition coefficient (Wildman–Crippen LogP) is -0.103. The lowest BCUT2D eigenvalue weighted by Crippen LogP contribution is -2.44. The van der Waals surface area contributed by atoms with Crippen LogP contribution in [0, 0.1) is 0 Å². The molecule has 0 aliphatic carbocycles. The van der Waals surface area contributed by atoms with Gasteiger partial charge in [-0.3, -0.25) is 18.9 Å². The van der Waals surface area contributed by atoms with Crippen LogP contribution in [0.2, 0.25) is 0 Å². The van der Waals surface area contributed by atoms with Gasteiger partial charge in [-0.1, -0.05) is 0 Å². The van der Waals surface area contributed by atoms with Crippen LogP contribution in [0.5, 0.6) is 5.75 Å². The number of hydroxylamine groups is 4. The van der Waals surface area contributed by atoms with E-state index in [1.54, 1.807) is 0 Å². The van der Waals surface area contributed by atoms with E-state index in [1.807, 2.05) is 21.1 Å². The van der Waals surface area contributed by atoms with E-state index in [4.69, 9.17) is 23.5 Å². The second-order valence-corrected chi connectivity index (χ2v) is 11.9. The molecule has 0 radical (unpaired) electrons. The molecule has 3 amide bonds. The van der Waals surface area contributed by atoms with E-state index in [0.717, 1.165) is 18.2 Å². The molecule has 1 aromatic rings. The van der Waals surface area contributed by atoms with Gasteiger partial charge in [0.05, 0.1) is 38.9 Å². The number of carbonyl (C=O) groups excluding carboxylic acids is 5. The maximum atomic E-state index is 12.9. The van der Waals surface area contributed by atoms with Gasteiger partial charge in [-0.2, -0.15) is 0 Å². The van der Waals surface area contributed by atoms with E-state index in [1.165, 1.54) is 6.92 Å². The van der Waals surface area contributed by atoms with Gasteiger partial charge in [0.25, 0.3) is 25.5 Å². The molecule has 16 nitrogen and oxygen atoms in total. The van der Waals surface area contributed by atoms with Gasteiger partial charge in [-0.05, 0) is 25.1 Å². The molecule has 3 rings (SSSR count). The Morgan fingerprint density at radius 1 is 0.927 bits per heavy atom. The van der Waals surface area contributed by atoms with Crippen LogP contribution in [0.4, 0.5) is 0 Å². The highest BCUT2D eigenvalue weighted by Crippen LogP contribution is 2.38. The number of aliphatic hydroxyl groups is 1. The van der Waals surface area contributed by atoms with E-state index < -0.39 is 49.8 Å². The number of quaternary nitrogens is 1. The number of amides is 3. The first-order valence-electron chi connectivity index (χ1n) is 12.5. The zero-order valence-corrected chi connectivity index (χ0v) is 23.9. The number of nitrogens with zero attached hydrogens (tertiary/aromatic N) is 3. The van der Waals surface area contributed by atoms with Crippen molar-refractivity contribution in [1.29, 1.82) is 0 Å². The summed E-state index contributed by atoms with van der Waals surface area (Å²) >= 11 is 0. The first-order chi connectivity index (χ1) is 19.0. The standard InChI is InChI=1S/C24H32N3O13P/c1-24(33)8-7-21(30)26(24)40-23(32)17-13-16(22(31)39-25-19(28)5-6-20(25)29)14-18(15-17)36-11-12-38-41(34,35)37-10-9-27(2,3)4/h13-15,33H,5-12H2,1-4H3. The smallest absolute Gasteiger partial charge is 0.364 e. The minimum Gasteiger partial charge on any atom is -0.756 e. The number of ether oxygens (including phenoxy) is 1. The summed E-state index contributed by atoms with van der Waals surface area (Å²) in [5.41, 5.74) is -2.43. The largest absolute Gasteiger partial charge is 0.756 e. The summed E-state index contributed by atoms with van der Waals surface area (Å²) in [6, 6.07) is 3.23. The van der Waals surface area contributed by atoms with Crippen LogP contribution in [-0.4, -0.2) is 103 Å². The highest BCUT2D eigenvalue weighted by Gasteiger charge is 2.43. The van der Waals surface area contributed by atoms with Crippen molar-refractivity contribution in [3.05, 3.63) is 29.3 Å². The first kappa shape index (κ1) is 32.1. The summed E-state index contributed by atoms with van der Waals surface area (Å²) in [6.07, 6.45) is -0.333. The van der Waals surface area contributed by atoms with Crippen molar-refractivity contribution >= 4 is 37.5 Å². The number of carbonyl (C=O) groups is 5. The second-order valence-electron chi connectivity index (χ2n) is 10.5. The maximum Gasteiger partial charge on any atom is 0.364 e. The lowest BCUT2D eigenvalue weighted by Gasteiger charge is -2.27. The summed E-state index contributed by atoms with van der Waals surface area (Å²) in [4.78, 5) is 83.3. The van der Waals surface area contributed by atoms with Gasteiger partial charge < -0.3 is 37.9 Å². The lowest BCUT2D eigenvalue weighted by molar-refractivity contribution is -0.870. The Morgan fingerprint density at radius 3 is 2.02 bits per heavy atom. The summed E-state index contributed by atoms with van der Waals surface area (Å²) < 4.78 is 27.4. The Labute approximate surface area is 235 Å². The number of phosphoric acid groups is 1. The highest BCUT2D eigenvalue weighted by atomic mass is 31.2. The quantitative estimate of drug-likeness (QED) is 0.136. The molecule has 2 aliphatic rings. The minimum absolute atomic E-state index is 0.0142. The summed E-state index contributed by atoms with van der Waals surface area (Å²) in [5, 5.41) is 11.1. The lowest BCUT2D eigenvalue weighted by atomic mass is 10.1. The van der Waals surface area contributed by atoms with Crippen LogP contribution < -0.4 is 9.63 Å². The number of likely N-dealkylation sites (N-methyl/N-ethyl adjacent to an activating group) is 1. The average molecular weight is 602 g/mol. The van der Waals surface area contributed by atoms with Crippen LogP contribution in [-0.2, 0) is 37.7 Å². The number of hydrogen-bond donors (Lipinski definition) is 1. The molecular weight excluding hydrogens is 569 g/mol. The Bertz CT molecular complexity index is 1240. The van der Waals surface area contributed by atoms with Gasteiger partial charge in [-0.15, -0.1) is 10.1 Å². The molecule has 2 aliphatic heterocycles. The highest BCUT2D eigenvalue weighted by molar-refractivity contribution is 7.45. The first-order valence-corrected chi connectivity index (χ1v) is 14.0. The fourth-order valence-electron chi connectivity index (χ4n) is 3.58. The maximum absolute atomic E-state index is 12.9. The van der Waals surface area contributed by atoms with Crippen LogP contribution in [0.25, 0.3) is 0 Å². The number of imide groups is 1. The van der Waals surface area contributed by atoms with Crippen LogP contribution in [0.15, 0.2) is 18.2 Å². The van der Waals surface area contributed by atoms with Gasteiger partial charge in [0, 0.05) is 25.7 Å². The van der Waals surface area contributed by atoms with Gasteiger partial charge in [-0.25, -0.2) is 9.59 Å². The van der Waals surface area contributed by atoms with Crippen molar-refractivity contribution in [2.75, 3.05) is 47.5 Å². The molecule has 0 bridgehead atoms. The van der Waals surface area contributed by atoms with Gasteiger partial charge in [0.1, 0.15) is 25.5 Å². The molecule has 0 aromatic heterocycles. The van der Waals surface area contributed by atoms with E-state index in [9.17, 15) is 38.5 Å². The van der Waals surface area contributed by atoms with Crippen molar-refractivity contribution in [1.82, 2.24) is 10.1 Å². The number of phosphoric ester groups is 1. The van der Waals surface area contributed by atoms with Crippen LogP contribution in [0.3, 0.4) is 0 Å². The molecule has 0 spiro atoms. The third kappa shape index (κ3) is 9.05. The summed E-state index contributed by atoms with van der Waals surface area (Å²) in [6.45, 7) is 0.719. The van der Waals surface area contributed by atoms with Gasteiger partial charge in [0.15, 0.2) is 5.72 Å². The molecule has 226 valence electrons. The molecule has 17 heteroatoms. The number of hydrogen-bond acceptors (Lipinski definition) is 13.